The molecule has 0 atom stereocenters. The molecule has 0 aliphatic carbocycles. The van der Waals surface area contributed by atoms with E-state index >= 15 is 0 Å². The zero-order chi connectivity index (χ0) is 13.6. The van der Waals surface area contributed by atoms with Gasteiger partial charge in [0.25, 0.3) is 5.24 Å². The lowest BCUT2D eigenvalue weighted by Crippen LogP contribution is -2.23. The van der Waals surface area contributed by atoms with Crippen LogP contribution in [-0.4, -0.2) is 30.0 Å². The second-order valence-corrected chi connectivity index (χ2v) is 5.83. The molecule has 0 bridgehead atoms. The first-order valence-electron chi connectivity index (χ1n) is 7.51. The van der Waals surface area contributed by atoms with E-state index in [1.165, 1.54) is 69.5 Å². The molecule has 0 unspecified atom stereocenters. The number of carbonyl (C=O) groups is 1. The highest BCUT2D eigenvalue weighted by atomic mass is 32.2. The molecule has 0 aromatic rings. The first kappa shape index (κ1) is 17.8. The Balaban J connectivity index is 3.14. The third kappa shape index (κ3) is 10.9. The SMILES string of the molecule is CCCCCCCCCCCCN(C)C(=O)SC. The van der Waals surface area contributed by atoms with Crippen molar-refractivity contribution in [3.63, 3.8) is 0 Å². The first-order valence-corrected chi connectivity index (χ1v) is 8.74. The maximum Gasteiger partial charge on any atom is 0.281 e. The largest absolute Gasteiger partial charge is 0.337 e. The zero-order valence-corrected chi connectivity index (χ0v) is 13.4. The quantitative estimate of drug-likeness (QED) is 0.475. The van der Waals surface area contributed by atoms with Crippen molar-refractivity contribution in [2.45, 2.75) is 71.1 Å². The number of thioether (sulfide) groups is 1. The van der Waals surface area contributed by atoms with Crippen molar-refractivity contribution < 1.29 is 4.79 Å². The highest BCUT2D eigenvalue weighted by molar-refractivity contribution is 8.12. The molecule has 0 aliphatic rings. The molecule has 0 rings (SSSR count). The Morgan fingerprint density at radius 3 is 1.78 bits per heavy atom. The molecule has 0 radical (unpaired) electrons. The van der Waals surface area contributed by atoms with E-state index in [0.717, 1.165) is 13.0 Å². The number of hydrogen-bond acceptors (Lipinski definition) is 2. The molecule has 0 aliphatic heterocycles. The van der Waals surface area contributed by atoms with Crippen LogP contribution in [0.2, 0.25) is 0 Å². The van der Waals surface area contributed by atoms with Crippen molar-refractivity contribution in [2.75, 3.05) is 19.8 Å². The van der Waals surface area contributed by atoms with Crippen LogP contribution in [0.4, 0.5) is 4.79 Å². The summed E-state index contributed by atoms with van der Waals surface area (Å²) in [6.45, 7) is 3.18. The molecule has 3 heteroatoms. The predicted octanol–water partition coefficient (Wildman–Crippen LogP) is 5.32. The monoisotopic (exact) mass is 273 g/mol. The van der Waals surface area contributed by atoms with E-state index in [1.807, 2.05) is 18.2 Å². The third-order valence-electron chi connectivity index (χ3n) is 3.33. The van der Waals surface area contributed by atoms with Gasteiger partial charge in [0.2, 0.25) is 0 Å². The van der Waals surface area contributed by atoms with Gasteiger partial charge in [-0.1, -0.05) is 76.5 Å². The molecular formula is C15H31NOS. The molecule has 18 heavy (non-hydrogen) atoms. The fraction of sp³-hybridized carbons (Fsp3) is 0.933. The Hall–Kier alpha value is -0.180. The lowest BCUT2D eigenvalue weighted by Gasteiger charge is -2.14. The van der Waals surface area contributed by atoms with Crippen LogP contribution >= 0.6 is 11.8 Å². The molecule has 0 heterocycles. The van der Waals surface area contributed by atoms with Crippen LogP contribution in [0.15, 0.2) is 0 Å². The Kier molecular flexibility index (Phi) is 13.1. The topological polar surface area (TPSA) is 20.3 Å². The Labute approximate surface area is 118 Å². The average molecular weight is 273 g/mol. The summed E-state index contributed by atoms with van der Waals surface area (Å²) in [6.07, 6.45) is 15.3. The average Bonchev–Trinajstić information content (AvgIpc) is 2.39. The van der Waals surface area contributed by atoms with Crippen LogP contribution in [0, 0.1) is 0 Å². The number of hydrogen-bond donors (Lipinski definition) is 0. The highest BCUT2D eigenvalue weighted by Gasteiger charge is 2.04. The number of nitrogens with zero attached hydrogens (tertiary/aromatic N) is 1. The van der Waals surface area contributed by atoms with Crippen molar-refractivity contribution in [2.24, 2.45) is 0 Å². The van der Waals surface area contributed by atoms with Gasteiger partial charge < -0.3 is 4.90 Å². The standard InChI is InChI=1S/C15H31NOS/c1-4-5-6-7-8-9-10-11-12-13-14-16(2)15(17)18-3/h4-14H2,1-3H3. The van der Waals surface area contributed by atoms with Crippen LogP contribution in [0.25, 0.3) is 0 Å². The van der Waals surface area contributed by atoms with Crippen LogP contribution in [0.3, 0.4) is 0 Å². The maximum absolute atomic E-state index is 11.3. The van der Waals surface area contributed by atoms with Gasteiger partial charge in [-0.15, -0.1) is 0 Å². The molecule has 0 fully saturated rings. The van der Waals surface area contributed by atoms with E-state index < -0.39 is 0 Å². The van der Waals surface area contributed by atoms with Crippen LogP contribution in [-0.2, 0) is 0 Å². The van der Waals surface area contributed by atoms with Gasteiger partial charge in [0, 0.05) is 13.6 Å². The summed E-state index contributed by atoms with van der Waals surface area (Å²) in [5.74, 6) is 0. The summed E-state index contributed by atoms with van der Waals surface area (Å²) in [5.41, 5.74) is 0. The molecule has 0 N–H and O–H groups in total. The van der Waals surface area contributed by atoms with Gasteiger partial charge in [-0.25, -0.2) is 0 Å². The zero-order valence-electron chi connectivity index (χ0n) is 12.5. The Morgan fingerprint density at radius 1 is 0.889 bits per heavy atom. The van der Waals surface area contributed by atoms with Crippen molar-refractivity contribution in [1.82, 2.24) is 4.90 Å². The molecule has 2 nitrogen and oxygen atoms in total. The minimum absolute atomic E-state index is 0.186. The van der Waals surface area contributed by atoms with Crippen molar-refractivity contribution in [3.8, 4) is 0 Å². The van der Waals surface area contributed by atoms with E-state index in [4.69, 9.17) is 0 Å². The molecule has 0 aromatic carbocycles. The molecule has 0 saturated carbocycles. The van der Waals surface area contributed by atoms with Gasteiger partial charge in [0.15, 0.2) is 0 Å². The fourth-order valence-electron chi connectivity index (χ4n) is 2.08. The van der Waals surface area contributed by atoms with Crippen LogP contribution < -0.4 is 0 Å². The molecule has 1 amide bonds. The normalized spacial score (nSPS) is 10.6. The van der Waals surface area contributed by atoms with Crippen molar-refractivity contribution in [3.05, 3.63) is 0 Å². The van der Waals surface area contributed by atoms with Gasteiger partial charge in [0.1, 0.15) is 0 Å². The van der Waals surface area contributed by atoms with Crippen molar-refractivity contribution >= 4 is 17.0 Å². The predicted molar refractivity (Wildman–Crippen MR) is 83.4 cm³/mol. The summed E-state index contributed by atoms with van der Waals surface area (Å²) < 4.78 is 0. The smallest absolute Gasteiger partial charge is 0.281 e. The number of rotatable bonds is 11. The van der Waals surface area contributed by atoms with E-state index in [1.54, 1.807) is 0 Å². The number of unbranched alkanes of at least 4 members (excludes halogenated alkanes) is 9. The summed E-state index contributed by atoms with van der Waals surface area (Å²) >= 11 is 1.30. The minimum Gasteiger partial charge on any atom is -0.337 e. The van der Waals surface area contributed by atoms with E-state index in [2.05, 4.69) is 6.92 Å². The Bertz CT molecular complexity index is 197. The van der Waals surface area contributed by atoms with Gasteiger partial charge in [-0.2, -0.15) is 0 Å². The van der Waals surface area contributed by atoms with Gasteiger partial charge in [-0.3, -0.25) is 4.79 Å². The third-order valence-corrected chi connectivity index (χ3v) is 3.99. The summed E-state index contributed by atoms with van der Waals surface area (Å²) in [4.78, 5) is 13.1. The fourth-order valence-corrected chi connectivity index (χ4v) is 2.49. The molecule has 0 spiro atoms. The van der Waals surface area contributed by atoms with Crippen molar-refractivity contribution in [1.29, 1.82) is 0 Å². The van der Waals surface area contributed by atoms with Crippen LogP contribution in [0.5, 0.6) is 0 Å². The van der Waals surface area contributed by atoms with Crippen LogP contribution in [0.1, 0.15) is 71.1 Å². The van der Waals surface area contributed by atoms with Gasteiger partial charge >= 0.3 is 0 Å². The summed E-state index contributed by atoms with van der Waals surface area (Å²) in [5, 5.41) is 0.186. The molecule has 0 aromatic heterocycles. The molecular weight excluding hydrogens is 242 g/mol. The Morgan fingerprint density at radius 2 is 1.33 bits per heavy atom. The number of amides is 1. The summed E-state index contributed by atoms with van der Waals surface area (Å²) in [6, 6.07) is 0. The van der Waals surface area contributed by atoms with E-state index in [9.17, 15) is 4.79 Å². The molecule has 108 valence electrons. The first-order chi connectivity index (χ1) is 8.72. The lowest BCUT2D eigenvalue weighted by molar-refractivity contribution is 0.232. The maximum atomic E-state index is 11.3. The second kappa shape index (κ2) is 13.3. The van der Waals surface area contributed by atoms with Gasteiger partial charge in [0.05, 0.1) is 0 Å². The highest BCUT2D eigenvalue weighted by Crippen LogP contribution is 2.11. The minimum atomic E-state index is 0.186. The van der Waals surface area contributed by atoms with E-state index in [0.29, 0.717) is 0 Å². The van der Waals surface area contributed by atoms with Gasteiger partial charge in [-0.05, 0) is 12.7 Å². The summed E-state index contributed by atoms with van der Waals surface area (Å²) in [7, 11) is 1.90. The lowest BCUT2D eigenvalue weighted by atomic mass is 10.1. The molecule has 0 saturated heterocycles. The second-order valence-electron chi connectivity index (χ2n) is 5.07. The number of carbonyl (C=O) groups excluding carboxylic acids is 1. The van der Waals surface area contributed by atoms with E-state index in [-0.39, 0.29) is 5.24 Å².